The molecule has 0 saturated heterocycles. The summed E-state index contributed by atoms with van der Waals surface area (Å²) in [5.74, 6) is 2.35. The third-order valence-corrected chi connectivity index (χ3v) is 2.63. The molecule has 80 valence electrons. The lowest BCUT2D eigenvalue weighted by Crippen LogP contribution is -2.30. The van der Waals surface area contributed by atoms with Gasteiger partial charge in [0, 0.05) is 6.54 Å². The Morgan fingerprint density at radius 3 is 2.50 bits per heavy atom. The lowest BCUT2D eigenvalue weighted by atomic mass is 10.2. The van der Waals surface area contributed by atoms with E-state index in [-0.39, 0.29) is 6.54 Å². The van der Waals surface area contributed by atoms with Crippen molar-refractivity contribution in [1.29, 1.82) is 0 Å². The first-order valence-electron chi connectivity index (χ1n) is 4.69. The molecule has 0 saturated carbocycles. The van der Waals surface area contributed by atoms with Crippen LogP contribution in [0, 0.1) is 12.3 Å². The van der Waals surface area contributed by atoms with Gasteiger partial charge in [-0.15, -0.1) is 6.42 Å². The van der Waals surface area contributed by atoms with E-state index in [0.717, 1.165) is 12.8 Å². The fraction of sp³-hybridized carbons (Fsp3) is 0.700. The van der Waals surface area contributed by atoms with Crippen molar-refractivity contribution in [2.75, 3.05) is 17.5 Å². The number of carboxylic acid groups (broad SMARTS) is 1. The molecule has 1 N–H and O–H groups in total. The molecule has 0 unspecified atom stereocenters. The molecule has 0 bridgehead atoms. The Hall–Kier alpha value is -0.440. The molecule has 0 aromatic carbocycles. The number of amides is 1. The first-order valence-corrected chi connectivity index (χ1v) is 6.22. The Morgan fingerprint density at radius 2 is 2.00 bits per heavy atom. The second kappa shape index (κ2) is 9.13. The third-order valence-electron chi connectivity index (χ3n) is 1.86. The first kappa shape index (κ1) is 13.6. The number of rotatable bonds is 7. The number of hydrogen-bond donors (Lipinski definition) is 1. The van der Waals surface area contributed by atoms with Crippen molar-refractivity contribution in [2.24, 2.45) is 0 Å². The maximum Gasteiger partial charge on any atom is 0.408 e. The van der Waals surface area contributed by atoms with Crippen LogP contribution in [0.5, 0.6) is 0 Å². The molecule has 0 fully saturated rings. The Balaban J connectivity index is 3.52. The highest BCUT2D eigenvalue weighted by molar-refractivity contribution is 14.1. The van der Waals surface area contributed by atoms with Crippen molar-refractivity contribution in [3.8, 4) is 12.3 Å². The van der Waals surface area contributed by atoms with Gasteiger partial charge in [0.05, 0.1) is 6.54 Å². The minimum absolute atomic E-state index is 0.196. The average Bonchev–Trinajstić information content (AvgIpc) is 2.15. The van der Waals surface area contributed by atoms with Crippen LogP contribution in [0.1, 0.15) is 25.7 Å². The lowest BCUT2D eigenvalue weighted by Gasteiger charge is -2.15. The molecule has 0 rings (SSSR count). The Bertz CT molecular complexity index is 201. The minimum atomic E-state index is -0.920. The van der Waals surface area contributed by atoms with Gasteiger partial charge in [-0.05, 0) is 17.3 Å². The number of unbranched alkanes of at least 4 members (excludes halogenated alkanes) is 3. The summed E-state index contributed by atoms with van der Waals surface area (Å²) in [6.45, 7) is 0.752. The molecule has 14 heavy (non-hydrogen) atoms. The van der Waals surface area contributed by atoms with Gasteiger partial charge in [0.25, 0.3) is 0 Å². The maximum atomic E-state index is 10.6. The molecule has 0 aromatic heterocycles. The van der Waals surface area contributed by atoms with Gasteiger partial charge in [0.15, 0.2) is 0 Å². The Kier molecular flexibility index (Phi) is 8.84. The minimum Gasteiger partial charge on any atom is -0.465 e. The number of nitrogens with zero attached hydrogens (tertiary/aromatic N) is 1. The van der Waals surface area contributed by atoms with Gasteiger partial charge in [0.1, 0.15) is 0 Å². The zero-order chi connectivity index (χ0) is 10.8. The number of hydrogen-bond acceptors (Lipinski definition) is 1. The van der Waals surface area contributed by atoms with E-state index in [2.05, 4.69) is 28.5 Å². The lowest BCUT2D eigenvalue weighted by molar-refractivity contribution is 0.150. The van der Waals surface area contributed by atoms with Crippen LogP contribution in [0.2, 0.25) is 0 Å². The van der Waals surface area contributed by atoms with Gasteiger partial charge in [-0.2, -0.15) is 0 Å². The fourth-order valence-electron chi connectivity index (χ4n) is 1.10. The van der Waals surface area contributed by atoms with Crippen molar-refractivity contribution in [1.82, 2.24) is 4.90 Å². The average molecular weight is 309 g/mol. The van der Waals surface area contributed by atoms with Gasteiger partial charge in [-0.3, -0.25) is 4.90 Å². The topological polar surface area (TPSA) is 40.5 Å². The summed E-state index contributed by atoms with van der Waals surface area (Å²) in [6, 6.07) is 0. The van der Waals surface area contributed by atoms with Gasteiger partial charge in [-0.25, -0.2) is 4.79 Å². The van der Waals surface area contributed by atoms with Gasteiger partial charge in [-0.1, -0.05) is 41.4 Å². The molecular weight excluding hydrogens is 293 g/mol. The van der Waals surface area contributed by atoms with Crippen LogP contribution in [-0.2, 0) is 0 Å². The summed E-state index contributed by atoms with van der Waals surface area (Å²) in [5, 5.41) is 8.74. The molecular formula is C10H16INO2. The normalized spacial score (nSPS) is 9.43. The molecule has 0 heterocycles. The summed E-state index contributed by atoms with van der Waals surface area (Å²) in [6.07, 6.45) is 8.52. The van der Waals surface area contributed by atoms with Gasteiger partial charge in [0.2, 0.25) is 0 Å². The van der Waals surface area contributed by atoms with Crippen molar-refractivity contribution < 1.29 is 9.90 Å². The second-order valence-corrected chi connectivity index (χ2v) is 4.09. The molecule has 0 aromatic rings. The second-order valence-electron chi connectivity index (χ2n) is 3.01. The quantitative estimate of drug-likeness (QED) is 0.340. The van der Waals surface area contributed by atoms with Gasteiger partial charge < -0.3 is 5.11 Å². The van der Waals surface area contributed by atoms with E-state index in [9.17, 15) is 4.79 Å². The number of halogens is 1. The molecule has 1 amide bonds. The molecule has 0 spiro atoms. The predicted octanol–water partition coefficient (Wildman–Crippen LogP) is 2.60. The predicted molar refractivity (Wildman–Crippen MR) is 65.8 cm³/mol. The van der Waals surface area contributed by atoms with Crippen LogP contribution in [0.15, 0.2) is 0 Å². The number of carbonyl (C=O) groups is 1. The zero-order valence-corrected chi connectivity index (χ0v) is 10.4. The van der Waals surface area contributed by atoms with E-state index >= 15 is 0 Å². The Labute approximate surface area is 99.0 Å². The van der Waals surface area contributed by atoms with Crippen LogP contribution >= 0.6 is 22.6 Å². The van der Waals surface area contributed by atoms with E-state index in [1.807, 2.05) is 0 Å². The van der Waals surface area contributed by atoms with Crippen molar-refractivity contribution >= 4 is 28.7 Å². The fourth-order valence-corrected chi connectivity index (χ4v) is 1.64. The SMILES string of the molecule is C#CCN(CCCCCCI)C(=O)O. The van der Waals surface area contributed by atoms with E-state index in [1.54, 1.807) is 0 Å². The van der Waals surface area contributed by atoms with Crippen molar-refractivity contribution in [2.45, 2.75) is 25.7 Å². The van der Waals surface area contributed by atoms with E-state index < -0.39 is 6.09 Å². The van der Waals surface area contributed by atoms with Crippen LogP contribution in [0.25, 0.3) is 0 Å². The van der Waals surface area contributed by atoms with Crippen molar-refractivity contribution in [3.63, 3.8) is 0 Å². The standard InChI is InChI=1S/C10H16INO2/c1-2-8-12(10(13)14)9-6-4-3-5-7-11/h1H,3-9H2,(H,13,14). The molecule has 0 aliphatic carbocycles. The maximum absolute atomic E-state index is 10.6. The zero-order valence-electron chi connectivity index (χ0n) is 8.21. The molecule has 0 aliphatic heterocycles. The number of terminal acetylenes is 1. The summed E-state index contributed by atoms with van der Waals surface area (Å²) in [7, 11) is 0. The molecule has 0 aliphatic rings. The molecule has 0 radical (unpaired) electrons. The van der Waals surface area contributed by atoms with Gasteiger partial charge >= 0.3 is 6.09 Å². The molecule has 4 heteroatoms. The van der Waals surface area contributed by atoms with E-state index in [0.29, 0.717) is 6.54 Å². The van der Waals surface area contributed by atoms with Crippen LogP contribution in [-0.4, -0.2) is 33.6 Å². The summed E-state index contributed by atoms with van der Waals surface area (Å²) in [5.41, 5.74) is 0. The van der Waals surface area contributed by atoms with Crippen LogP contribution in [0.3, 0.4) is 0 Å². The van der Waals surface area contributed by atoms with Crippen molar-refractivity contribution in [3.05, 3.63) is 0 Å². The smallest absolute Gasteiger partial charge is 0.408 e. The van der Waals surface area contributed by atoms with Crippen LogP contribution in [0.4, 0.5) is 4.79 Å². The van der Waals surface area contributed by atoms with E-state index in [4.69, 9.17) is 11.5 Å². The molecule has 0 atom stereocenters. The summed E-state index contributed by atoms with van der Waals surface area (Å²) >= 11 is 2.35. The first-order chi connectivity index (χ1) is 6.72. The van der Waals surface area contributed by atoms with E-state index in [1.165, 1.54) is 22.2 Å². The summed E-state index contributed by atoms with van der Waals surface area (Å²) in [4.78, 5) is 11.9. The summed E-state index contributed by atoms with van der Waals surface area (Å²) < 4.78 is 1.17. The highest BCUT2D eigenvalue weighted by atomic mass is 127. The Morgan fingerprint density at radius 1 is 1.36 bits per heavy atom. The largest absolute Gasteiger partial charge is 0.465 e. The van der Waals surface area contributed by atoms with Crippen LogP contribution < -0.4 is 0 Å². The third kappa shape index (κ3) is 7.01. The highest BCUT2D eigenvalue weighted by Gasteiger charge is 2.08. The number of alkyl halides is 1. The monoisotopic (exact) mass is 309 g/mol. The molecule has 3 nitrogen and oxygen atoms in total. The highest BCUT2D eigenvalue weighted by Crippen LogP contribution is 2.03.